The summed E-state index contributed by atoms with van der Waals surface area (Å²) < 4.78 is 5.20. The van der Waals surface area contributed by atoms with Gasteiger partial charge in [-0.2, -0.15) is 0 Å². The van der Waals surface area contributed by atoms with Crippen molar-refractivity contribution in [2.45, 2.75) is 12.8 Å². The Balaban J connectivity index is 1.95. The van der Waals surface area contributed by atoms with E-state index in [-0.39, 0.29) is 5.78 Å². The molecule has 1 heterocycles. The van der Waals surface area contributed by atoms with Crippen molar-refractivity contribution in [2.24, 2.45) is 0 Å². The van der Waals surface area contributed by atoms with Gasteiger partial charge in [-0.1, -0.05) is 6.07 Å². The maximum absolute atomic E-state index is 12.5. The molecule has 2 aromatic rings. The van der Waals surface area contributed by atoms with Crippen LogP contribution in [0.15, 0.2) is 48.3 Å². The number of benzene rings is 1. The van der Waals surface area contributed by atoms with Gasteiger partial charge in [-0.3, -0.25) is 9.78 Å². The molecule has 3 rings (SSSR count). The first-order valence-electron chi connectivity index (χ1n) is 6.60. The molecule has 0 amide bonds. The number of methoxy groups -OCH3 is 1. The average molecular weight is 265 g/mol. The highest BCUT2D eigenvalue weighted by Gasteiger charge is 2.22. The predicted octanol–water partition coefficient (Wildman–Crippen LogP) is 3.30. The van der Waals surface area contributed by atoms with Gasteiger partial charge in [0.05, 0.1) is 7.11 Å². The number of aryl methyl sites for hydroxylation is 1. The standard InChI is InChI=1S/C17H15NO2/c1-20-15-6-7-16-13(10-15)4-5-14(17(16)19)9-12-3-2-8-18-11-12/h2-3,6-11H,4-5H2,1H3/b14-9+. The Morgan fingerprint density at radius 1 is 1.25 bits per heavy atom. The summed E-state index contributed by atoms with van der Waals surface area (Å²) in [6, 6.07) is 9.47. The average Bonchev–Trinajstić information content (AvgIpc) is 2.51. The number of pyridine rings is 1. The molecule has 3 nitrogen and oxygen atoms in total. The molecule has 0 fully saturated rings. The molecule has 3 heteroatoms. The van der Waals surface area contributed by atoms with Crippen LogP contribution in [0.1, 0.15) is 27.9 Å². The summed E-state index contributed by atoms with van der Waals surface area (Å²) in [7, 11) is 1.64. The van der Waals surface area contributed by atoms with Crippen LogP contribution in [0, 0.1) is 0 Å². The Morgan fingerprint density at radius 3 is 2.90 bits per heavy atom. The number of ether oxygens (including phenoxy) is 1. The fraction of sp³-hybridized carbons (Fsp3) is 0.176. The SMILES string of the molecule is COc1ccc2c(c1)CC/C(=C\c1cccnc1)C2=O. The predicted molar refractivity (Wildman–Crippen MR) is 77.9 cm³/mol. The molecule has 1 aliphatic rings. The minimum atomic E-state index is 0.109. The summed E-state index contributed by atoms with van der Waals surface area (Å²) in [5, 5.41) is 0. The molecule has 0 saturated carbocycles. The van der Waals surface area contributed by atoms with Crippen molar-refractivity contribution >= 4 is 11.9 Å². The lowest BCUT2D eigenvalue weighted by atomic mass is 9.86. The van der Waals surface area contributed by atoms with Crippen LogP contribution in [0.5, 0.6) is 5.75 Å². The third kappa shape index (κ3) is 2.35. The van der Waals surface area contributed by atoms with E-state index in [4.69, 9.17) is 4.74 Å². The molecule has 0 radical (unpaired) electrons. The van der Waals surface area contributed by atoms with Crippen molar-refractivity contribution < 1.29 is 9.53 Å². The topological polar surface area (TPSA) is 39.2 Å². The van der Waals surface area contributed by atoms with Gasteiger partial charge in [-0.15, -0.1) is 0 Å². The monoisotopic (exact) mass is 265 g/mol. The van der Waals surface area contributed by atoms with E-state index >= 15 is 0 Å². The van der Waals surface area contributed by atoms with Crippen molar-refractivity contribution in [1.82, 2.24) is 4.98 Å². The van der Waals surface area contributed by atoms with Gasteiger partial charge in [-0.05, 0) is 54.3 Å². The van der Waals surface area contributed by atoms with E-state index in [1.54, 1.807) is 19.5 Å². The van der Waals surface area contributed by atoms with Crippen molar-refractivity contribution in [3.05, 3.63) is 65.0 Å². The highest BCUT2D eigenvalue weighted by atomic mass is 16.5. The van der Waals surface area contributed by atoms with Crippen LogP contribution < -0.4 is 4.74 Å². The normalized spacial score (nSPS) is 16.1. The minimum Gasteiger partial charge on any atom is -0.497 e. The van der Waals surface area contributed by atoms with Crippen LogP contribution in [-0.2, 0) is 6.42 Å². The van der Waals surface area contributed by atoms with Crippen molar-refractivity contribution in [3.63, 3.8) is 0 Å². The Labute approximate surface area is 117 Å². The Kier molecular flexibility index (Phi) is 3.33. The molecule has 0 atom stereocenters. The fourth-order valence-electron chi connectivity index (χ4n) is 2.48. The lowest BCUT2D eigenvalue weighted by Gasteiger charge is -2.18. The first-order chi connectivity index (χ1) is 9.78. The number of ketones is 1. The van der Waals surface area contributed by atoms with Gasteiger partial charge in [0.2, 0.25) is 0 Å². The largest absolute Gasteiger partial charge is 0.497 e. The van der Waals surface area contributed by atoms with Crippen LogP contribution in [0.2, 0.25) is 0 Å². The number of carbonyl (C=O) groups excluding carboxylic acids is 1. The van der Waals surface area contributed by atoms with Gasteiger partial charge in [0.1, 0.15) is 5.75 Å². The quantitative estimate of drug-likeness (QED) is 0.782. The molecule has 0 unspecified atom stereocenters. The molecule has 100 valence electrons. The first kappa shape index (κ1) is 12.6. The summed E-state index contributed by atoms with van der Waals surface area (Å²) in [6.45, 7) is 0. The summed E-state index contributed by atoms with van der Waals surface area (Å²) in [4.78, 5) is 16.6. The third-order valence-electron chi connectivity index (χ3n) is 3.54. The number of nitrogens with zero attached hydrogens (tertiary/aromatic N) is 1. The van der Waals surface area contributed by atoms with E-state index in [1.165, 1.54) is 0 Å². The number of Topliss-reactive ketones (excluding diaryl/α,β-unsaturated/α-hetero) is 1. The summed E-state index contributed by atoms with van der Waals surface area (Å²) in [6.07, 6.45) is 7.05. The zero-order valence-electron chi connectivity index (χ0n) is 11.3. The molecule has 1 aromatic heterocycles. The van der Waals surface area contributed by atoms with Gasteiger partial charge >= 0.3 is 0 Å². The van der Waals surface area contributed by atoms with Crippen molar-refractivity contribution in [1.29, 1.82) is 0 Å². The van der Waals surface area contributed by atoms with Gasteiger partial charge in [-0.25, -0.2) is 0 Å². The molecule has 0 N–H and O–H groups in total. The van der Waals surface area contributed by atoms with E-state index in [0.717, 1.165) is 40.9 Å². The molecule has 1 aliphatic carbocycles. The first-order valence-corrected chi connectivity index (χ1v) is 6.60. The lowest BCUT2D eigenvalue weighted by molar-refractivity contribution is 0.102. The molecular weight excluding hydrogens is 250 g/mol. The summed E-state index contributed by atoms with van der Waals surface area (Å²) >= 11 is 0. The number of fused-ring (bicyclic) bond motifs is 1. The number of allylic oxidation sites excluding steroid dienone is 1. The second kappa shape index (κ2) is 5.29. The van der Waals surface area contributed by atoms with Crippen molar-refractivity contribution in [2.75, 3.05) is 7.11 Å². The minimum absolute atomic E-state index is 0.109. The Hall–Kier alpha value is -2.42. The maximum Gasteiger partial charge on any atom is 0.189 e. The van der Waals surface area contributed by atoms with Gasteiger partial charge < -0.3 is 4.74 Å². The Bertz CT molecular complexity index is 675. The fourth-order valence-corrected chi connectivity index (χ4v) is 2.48. The molecule has 20 heavy (non-hydrogen) atoms. The Morgan fingerprint density at radius 2 is 2.15 bits per heavy atom. The van der Waals surface area contributed by atoms with E-state index < -0.39 is 0 Å². The zero-order valence-corrected chi connectivity index (χ0v) is 11.3. The highest BCUT2D eigenvalue weighted by molar-refractivity contribution is 6.13. The second-order valence-corrected chi connectivity index (χ2v) is 4.81. The third-order valence-corrected chi connectivity index (χ3v) is 3.54. The van der Waals surface area contributed by atoms with E-state index in [1.807, 2.05) is 36.4 Å². The molecule has 1 aromatic carbocycles. The molecule has 0 spiro atoms. The number of hydrogen-bond acceptors (Lipinski definition) is 3. The van der Waals surface area contributed by atoms with E-state index in [0.29, 0.717) is 0 Å². The maximum atomic E-state index is 12.5. The van der Waals surface area contributed by atoms with Gasteiger partial charge in [0.25, 0.3) is 0 Å². The van der Waals surface area contributed by atoms with Gasteiger partial charge in [0.15, 0.2) is 5.78 Å². The highest BCUT2D eigenvalue weighted by Crippen LogP contribution is 2.29. The lowest BCUT2D eigenvalue weighted by Crippen LogP contribution is -2.14. The number of hydrogen-bond donors (Lipinski definition) is 0. The number of rotatable bonds is 2. The van der Waals surface area contributed by atoms with Gasteiger partial charge in [0, 0.05) is 23.5 Å². The smallest absolute Gasteiger partial charge is 0.189 e. The molecule has 0 bridgehead atoms. The summed E-state index contributed by atoms with van der Waals surface area (Å²) in [5.41, 5.74) is 3.66. The zero-order chi connectivity index (χ0) is 13.9. The number of carbonyl (C=O) groups is 1. The van der Waals surface area contributed by atoms with E-state index in [9.17, 15) is 4.79 Å². The van der Waals surface area contributed by atoms with Crippen LogP contribution in [0.4, 0.5) is 0 Å². The van der Waals surface area contributed by atoms with Crippen molar-refractivity contribution in [3.8, 4) is 5.75 Å². The molecular formula is C17H15NO2. The summed E-state index contributed by atoms with van der Waals surface area (Å²) in [5.74, 6) is 0.911. The van der Waals surface area contributed by atoms with Crippen LogP contribution in [0.3, 0.4) is 0 Å². The molecule has 0 saturated heterocycles. The number of aromatic nitrogens is 1. The van der Waals surface area contributed by atoms with E-state index in [2.05, 4.69) is 4.98 Å². The molecule has 0 aliphatic heterocycles. The van der Waals surface area contributed by atoms with Crippen LogP contribution in [0.25, 0.3) is 6.08 Å². The van der Waals surface area contributed by atoms with Crippen LogP contribution >= 0.6 is 0 Å². The van der Waals surface area contributed by atoms with Crippen LogP contribution in [-0.4, -0.2) is 17.9 Å². The second-order valence-electron chi connectivity index (χ2n) is 4.81.